The number of nitrogens with two attached hydrogens (primary N) is 1. The third-order valence-corrected chi connectivity index (χ3v) is 2.77. The fourth-order valence-electron chi connectivity index (χ4n) is 1.72. The molecule has 0 spiro atoms. The number of halogens is 1. The summed E-state index contributed by atoms with van der Waals surface area (Å²) in [6, 6.07) is 4.68. The first-order valence-electron chi connectivity index (χ1n) is 5.43. The Balaban J connectivity index is 2.05. The quantitative estimate of drug-likeness (QED) is 0.832. The molecule has 2 N–H and O–H groups in total. The van der Waals surface area contributed by atoms with E-state index in [4.69, 9.17) is 15.2 Å². The third kappa shape index (κ3) is 2.51. The molecule has 0 radical (unpaired) electrons. The summed E-state index contributed by atoms with van der Waals surface area (Å²) < 4.78 is 24.0. The molecule has 0 aromatic heterocycles. The second-order valence-corrected chi connectivity index (χ2v) is 4.09. The molecule has 1 aromatic rings. The monoisotopic (exact) mass is 225 g/mol. The lowest BCUT2D eigenvalue weighted by molar-refractivity contribution is -0.00536. The highest BCUT2D eigenvalue weighted by atomic mass is 19.1. The second kappa shape index (κ2) is 4.80. The highest BCUT2D eigenvalue weighted by Crippen LogP contribution is 2.19. The Kier molecular flexibility index (Phi) is 3.41. The van der Waals surface area contributed by atoms with Crippen LogP contribution in [0, 0.1) is 12.7 Å². The minimum Gasteiger partial charge on any atom is -0.486 e. The average molecular weight is 225 g/mol. The molecule has 2 atom stereocenters. The summed E-state index contributed by atoms with van der Waals surface area (Å²) in [4.78, 5) is 0. The van der Waals surface area contributed by atoms with Crippen LogP contribution in [0.1, 0.15) is 12.0 Å². The zero-order valence-electron chi connectivity index (χ0n) is 9.28. The highest BCUT2D eigenvalue weighted by Gasteiger charge is 2.24. The molecule has 1 aromatic carbocycles. The van der Waals surface area contributed by atoms with Gasteiger partial charge < -0.3 is 15.2 Å². The van der Waals surface area contributed by atoms with E-state index < -0.39 is 0 Å². The smallest absolute Gasteiger partial charge is 0.137 e. The van der Waals surface area contributed by atoms with Gasteiger partial charge in [-0.25, -0.2) is 4.39 Å². The van der Waals surface area contributed by atoms with E-state index in [9.17, 15) is 4.39 Å². The fourth-order valence-corrected chi connectivity index (χ4v) is 1.72. The van der Waals surface area contributed by atoms with Crippen molar-refractivity contribution in [3.63, 3.8) is 0 Å². The lowest BCUT2D eigenvalue weighted by atomic mass is 10.1. The Bertz CT molecular complexity index is 370. The van der Waals surface area contributed by atoms with E-state index in [1.165, 1.54) is 6.07 Å². The van der Waals surface area contributed by atoms with Crippen LogP contribution in [0.4, 0.5) is 4.39 Å². The summed E-state index contributed by atoms with van der Waals surface area (Å²) in [6.45, 7) is 2.89. The number of benzene rings is 1. The molecule has 0 aliphatic carbocycles. The molecule has 2 unspecified atom stereocenters. The fraction of sp³-hybridized carbons (Fsp3) is 0.500. The molecule has 0 bridgehead atoms. The molecule has 1 fully saturated rings. The van der Waals surface area contributed by atoms with Gasteiger partial charge in [0.2, 0.25) is 0 Å². The maximum Gasteiger partial charge on any atom is 0.137 e. The molecule has 88 valence electrons. The standard InChI is InChI=1S/C12H16FNO2/c1-8-6-9(2-3-10(8)13)16-12-7-15-5-4-11(12)14/h2-3,6,11-12H,4-5,7,14H2,1H3. The maximum atomic E-state index is 13.0. The predicted octanol–water partition coefficient (Wildman–Crippen LogP) is 1.63. The zero-order chi connectivity index (χ0) is 11.5. The van der Waals surface area contributed by atoms with Crippen LogP contribution in [-0.4, -0.2) is 25.4 Å². The van der Waals surface area contributed by atoms with Crippen molar-refractivity contribution in [1.82, 2.24) is 0 Å². The van der Waals surface area contributed by atoms with Crippen molar-refractivity contribution in [2.45, 2.75) is 25.5 Å². The van der Waals surface area contributed by atoms with Crippen LogP contribution in [0.2, 0.25) is 0 Å². The normalized spacial score (nSPS) is 25.4. The number of aryl methyl sites for hydroxylation is 1. The van der Waals surface area contributed by atoms with Gasteiger partial charge in [0.25, 0.3) is 0 Å². The van der Waals surface area contributed by atoms with Gasteiger partial charge in [-0.1, -0.05) is 0 Å². The lowest BCUT2D eigenvalue weighted by Gasteiger charge is -2.29. The van der Waals surface area contributed by atoms with Gasteiger partial charge in [0.15, 0.2) is 0 Å². The Morgan fingerprint density at radius 3 is 3.00 bits per heavy atom. The van der Waals surface area contributed by atoms with Crippen LogP contribution >= 0.6 is 0 Å². The summed E-state index contributed by atoms with van der Waals surface area (Å²) in [6.07, 6.45) is 0.656. The van der Waals surface area contributed by atoms with E-state index >= 15 is 0 Å². The summed E-state index contributed by atoms with van der Waals surface area (Å²) in [5, 5.41) is 0. The molecular formula is C12H16FNO2. The minimum atomic E-state index is -0.225. The van der Waals surface area contributed by atoms with E-state index in [2.05, 4.69) is 0 Å². The lowest BCUT2D eigenvalue weighted by Crippen LogP contribution is -2.46. The number of rotatable bonds is 2. The van der Waals surface area contributed by atoms with Gasteiger partial charge in [-0.2, -0.15) is 0 Å². The molecule has 1 saturated heterocycles. The van der Waals surface area contributed by atoms with Crippen LogP contribution in [0.3, 0.4) is 0 Å². The zero-order valence-corrected chi connectivity index (χ0v) is 9.28. The van der Waals surface area contributed by atoms with Crippen molar-refractivity contribution in [3.8, 4) is 5.75 Å². The Labute approximate surface area is 94.3 Å². The molecular weight excluding hydrogens is 209 g/mol. The van der Waals surface area contributed by atoms with Crippen molar-refractivity contribution in [2.75, 3.05) is 13.2 Å². The van der Waals surface area contributed by atoms with Crippen molar-refractivity contribution in [3.05, 3.63) is 29.6 Å². The van der Waals surface area contributed by atoms with E-state index in [0.29, 0.717) is 24.5 Å². The first kappa shape index (κ1) is 11.4. The second-order valence-electron chi connectivity index (χ2n) is 4.09. The molecule has 1 aliphatic rings. The average Bonchev–Trinajstić information content (AvgIpc) is 2.27. The Hall–Kier alpha value is -1.13. The summed E-state index contributed by atoms with van der Waals surface area (Å²) in [7, 11) is 0. The molecule has 16 heavy (non-hydrogen) atoms. The van der Waals surface area contributed by atoms with Crippen molar-refractivity contribution in [2.24, 2.45) is 5.73 Å². The molecule has 4 heteroatoms. The Morgan fingerprint density at radius 2 is 2.31 bits per heavy atom. The third-order valence-electron chi connectivity index (χ3n) is 2.77. The van der Waals surface area contributed by atoms with Crippen LogP contribution in [-0.2, 0) is 4.74 Å². The first-order chi connectivity index (χ1) is 7.66. The van der Waals surface area contributed by atoms with Gasteiger partial charge in [-0.15, -0.1) is 0 Å². The van der Waals surface area contributed by atoms with Crippen molar-refractivity contribution >= 4 is 0 Å². The molecule has 2 rings (SSSR count). The predicted molar refractivity (Wildman–Crippen MR) is 59.0 cm³/mol. The van der Waals surface area contributed by atoms with Gasteiger partial charge in [0, 0.05) is 12.6 Å². The summed E-state index contributed by atoms with van der Waals surface area (Å²) in [5.41, 5.74) is 6.49. The van der Waals surface area contributed by atoms with Crippen LogP contribution < -0.4 is 10.5 Å². The van der Waals surface area contributed by atoms with Crippen LogP contribution in [0.5, 0.6) is 5.75 Å². The number of hydrogen-bond donors (Lipinski definition) is 1. The van der Waals surface area contributed by atoms with Crippen molar-refractivity contribution in [1.29, 1.82) is 0 Å². The highest BCUT2D eigenvalue weighted by molar-refractivity contribution is 5.29. The Morgan fingerprint density at radius 1 is 1.50 bits per heavy atom. The van der Waals surface area contributed by atoms with Gasteiger partial charge in [-0.3, -0.25) is 0 Å². The number of ether oxygens (including phenoxy) is 2. The topological polar surface area (TPSA) is 44.5 Å². The maximum absolute atomic E-state index is 13.0. The largest absolute Gasteiger partial charge is 0.486 e. The van der Waals surface area contributed by atoms with Crippen LogP contribution in [0.15, 0.2) is 18.2 Å². The van der Waals surface area contributed by atoms with Crippen LogP contribution in [0.25, 0.3) is 0 Å². The number of hydrogen-bond acceptors (Lipinski definition) is 3. The summed E-state index contributed by atoms with van der Waals surface area (Å²) >= 11 is 0. The molecule has 3 nitrogen and oxygen atoms in total. The van der Waals surface area contributed by atoms with Gasteiger partial charge in [0.1, 0.15) is 17.7 Å². The van der Waals surface area contributed by atoms with E-state index in [1.54, 1.807) is 19.1 Å². The molecule has 1 aliphatic heterocycles. The van der Waals surface area contributed by atoms with Crippen molar-refractivity contribution < 1.29 is 13.9 Å². The first-order valence-corrected chi connectivity index (χ1v) is 5.43. The molecule has 1 heterocycles. The van der Waals surface area contributed by atoms with E-state index in [-0.39, 0.29) is 18.0 Å². The summed E-state index contributed by atoms with van der Waals surface area (Å²) in [5.74, 6) is 0.418. The molecule has 0 amide bonds. The molecule has 0 saturated carbocycles. The van der Waals surface area contributed by atoms with Gasteiger partial charge in [-0.05, 0) is 37.1 Å². The SMILES string of the molecule is Cc1cc(OC2COCCC2N)ccc1F. The van der Waals surface area contributed by atoms with E-state index in [0.717, 1.165) is 6.42 Å². The van der Waals surface area contributed by atoms with E-state index in [1.807, 2.05) is 0 Å². The van der Waals surface area contributed by atoms with Gasteiger partial charge >= 0.3 is 0 Å². The minimum absolute atomic E-state index is 0.0147. The van der Waals surface area contributed by atoms with Gasteiger partial charge in [0.05, 0.1) is 6.61 Å².